The Morgan fingerprint density at radius 2 is 1.94 bits per heavy atom. The summed E-state index contributed by atoms with van der Waals surface area (Å²) in [7, 11) is 5.24. The second-order valence-corrected chi connectivity index (χ2v) is 4.89. The van der Waals surface area contributed by atoms with E-state index in [0.29, 0.717) is 17.9 Å². The van der Waals surface area contributed by atoms with Gasteiger partial charge in [-0.2, -0.15) is 5.43 Å². The molecule has 1 amide bonds. The van der Waals surface area contributed by atoms with E-state index < -0.39 is 6.10 Å². The first-order chi connectivity index (χ1) is 8.34. The zero-order chi connectivity index (χ0) is 13.8. The Kier molecular flexibility index (Phi) is 4.69. The zero-order valence-corrected chi connectivity index (χ0v) is 11.3. The highest BCUT2D eigenvalue weighted by Gasteiger charge is 2.22. The molecule has 1 atom stereocenters. The van der Waals surface area contributed by atoms with Gasteiger partial charge in [-0.15, -0.1) is 0 Å². The molecule has 18 heavy (non-hydrogen) atoms. The van der Waals surface area contributed by atoms with Crippen LogP contribution in [-0.2, 0) is 0 Å². The Hall–Kier alpha value is -1.59. The lowest BCUT2D eigenvalue weighted by Crippen LogP contribution is -2.57. The summed E-state index contributed by atoms with van der Waals surface area (Å²) in [5.41, 5.74) is 3.40. The Morgan fingerprint density at radius 1 is 1.39 bits per heavy atom. The first-order valence-electron chi connectivity index (χ1n) is 5.82. The van der Waals surface area contributed by atoms with Gasteiger partial charge in [0, 0.05) is 5.56 Å². The van der Waals surface area contributed by atoms with Gasteiger partial charge in [-0.05, 0) is 31.2 Å². The van der Waals surface area contributed by atoms with Crippen LogP contribution in [0.1, 0.15) is 17.3 Å². The van der Waals surface area contributed by atoms with Crippen LogP contribution in [0.4, 0.5) is 0 Å². The number of carbonyl (C=O) groups is 1. The number of aliphatic hydroxyl groups excluding tert-OH is 1. The predicted octanol–water partition coefficient (Wildman–Crippen LogP) is 0.797. The molecule has 100 valence electrons. The van der Waals surface area contributed by atoms with Crippen molar-refractivity contribution in [2.24, 2.45) is 0 Å². The summed E-state index contributed by atoms with van der Waals surface area (Å²) in [4.78, 5) is 12.0. The highest BCUT2D eigenvalue weighted by Crippen LogP contribution is 2.11. The van der Waals surface area contributed by atoms with Gasteiger partial charge in [-0.1, -0.05) is 0 Å². The van der Waals surface area contributed by atoms with Crippen molar-refractivity contribution in [3.8, 4) is 5.75 Å². The Bertz CT molecular complexity index is 399. The van der Waals surface area contributed by atoms with Crippen molar-refractivity contribution in [3.63, 3.8) is 0 Å². The molecule has 0 saturated heterocycles. The second kappa shape index (κ2) is 5.84. The van der Waals surface area contributed by atoms with Crippen molar-refractivity contribution in [1.82, 2.24) is 5.43 Å². The van der Waals surface area contributed by atoms with Crippen LogP contribution in [0.3, 0.4) is 0 Å². The summed E-state index contributed by atoms with van der Waals surface area (Å²) in [6.07, 6.45) is -0.476. The predicted molar refractivity (Wildman–Crippen MR) is 69.1 cm³/mol. The van der Waals surface area contributed by atoms with Crippen LogP contribution in [0, 0.1) is 0 Å². The first kappa shape index (κ1) is 14.5. The molecule has 0 aliphatic heterocycles. The average molecular weight is 253 g/mol. The third kappa shape index (κ3) is 4.35. The maximum atomic E-state index is 12.0. The molecule has 1 rings (SSSR count). The highest BCUT2D eigenvalue weighted by atomic mass is 16.5. The van der Waals surface area contributed by atoms with Gasteiger partial charge in [0.05, 0.1) is 21.2 Å². The van der Waals surface area contributed by atoms with E-state index in [1.54, 1.807) is 38.3 Å². The van der Waals surface area contributed by atoms with Crippen LogP contribution in [0.2, 0.25) is 0 Å². The number of carbonyl (C=O) groups excluding carboxylic acids is 1. The third-order valence-electron chi connectivity index (χ3n) is 2.48. The number of methoxy groups -OCH3 is 1. The van der Waals surface area contributed by atoms with Gasteiger partial charge in [-0.25, -0.2) is 4.59 Å². The van der Waals surface area contributed by atoms with Gasteiger partial charge in [0.1, 0.15) is 18.4 Å². The molecule has 0 fully saturated rings. The maximum Gasteiger partial charge on any atom is 0.295 e. The van der Waals surface area contributed by atoms with Crippen LogP contribution in [0.15, 0.2) is 24.3 Å². The number of hydrogen-bond acceptors (Lipinski definition) is 3. The molecule has 0 spiro atoms. The number of quaternary nitrogens is 1. The normalized spacial score (nSPS) is 12.9. The number of likely N-dealkylation sites (N-methyl/N-ethyl adjacent to an activating group) is 1. The van der Waals surface area contributed by atoms with E-state index in [2.05, 4.69) is 5.43 Å². The van der Waals surface area contributed by atoms with E-state index in [-0.39, 0.29) is 10.5 Å². The average Bonchev–Trinajstić information content (AvgIpc) is 2.26. The standard InChI is InChI=1S/C13H20N2O3/c1-10(16)9-15(2,3)14-13(17)11-5-7-12(18-4)8-6-11/h5-8,10,16H,9H2,1-4H3/p+1. The van der Waals surface area contributed by atoms with Gasteiger partial charge < -0.3 is 9.84 Å². The minimum Gasteiger partial charge on any atom is -0.497 e. The number of amides is 1. The summed E-state index contributed by atoms with van der Waals surface area (Å²) in [6, 6.07) is 6.89. The lowest BCUT2D eigenvalue weighted by atomic mass is 10.2. The Morgan fingerprint density at radius 3 is 2.39 bits per heavy atom. The number of benzene rings is 1. The molecule has 0 aliphatic carbocycles. The molecule has 0 aromatic heterocycles. The van der Waals surface area contributed by atoms with Crippen LogP contribution in [-0.4, -0.2) is 49.5 Å². The molecule has 2 N–H and O–H groups in total. The zero-order valence-electron chi connectivity index (χ0n) is 11.3. The minimum absolute atomic E-state index is 0.177. The van der Waals surface area contributed by atoms with Crippen molar-refractivity contribution < 1.29 is 19.2 Å². The molecule has 0 aliphatic rings. The van der Waals surface area contributed by atoms with E-state index in [1.807, 2.05) is 14.1 Å². The van der Waals surface area contributed by atoms with Crippen molar-refractivity contribution in [2.75, 3.05) is 27.7 Å². The largest absolute Gasteiger partial charge is 0.497 e. The minimum atomic E-state index is -0.476. The Balaban J connectivity index is 2.69. The summed E-state index contributed by atoms with van der Waals surface area (Å²) in [5, 5.41) is 9.36. The van der Waals surface area contributed by atoms with Crippen molar-refractivity contribution >= 4 is 5.91 Å². The van der Waals surface area contributed by atoms with Crippen LogP contribution >= 0.6 is 0 Å². The van der Waals surface area contributed by atoms with Crippen LogP contribution < -0.4 is 10.2 Å². The second-order valence-electron chi connectivity index (χ2n) is 4.89. The van der Waals surface area contributed by atoms with E-state index in [4.69, 9.17) is 4.74 Å². The molecule has 0 radical (unpaired) electrons. The number of nitrogens with one attached hydrogen (secondary N) is 1. The van der Waals surface area contributed by atoms with Crippen molar-refractivity contribution in [1.29, 1.82) is 0 Å². The number of hydrogen-bond donors (Lipinski definition) is 2. The first-order valence-corrected chi connectivity index (χ1v) is 5.82. The number of nitrogens with zero attached hydrogens (tertiary/aromatic N) is 1. The fraction of sp³-hybridized carbons (Fsp3) is 0.462. The van der Waals surface area contributed by atoms with E-state index in [0.717, 1.165) is 0 Å². The molecule has 0 saturated carbocycles. The molecule has 0 bridgehead atoms. The monoisotopic (exact) mass is 253 g/mol. The molecular formula is C13H21N2O3+. The topological polar surface area (TPSA) is 58.6 Å². The SMILES string of the molecule is COc1ccc(C(=O)N[N+](C)(C)CC(C)O)cc1. The van der Waals surface area contributed by atoms with Crippen LogP contribution in [0.5, 0.6) is 5.75 Å². The smallest absolute Gasteiger partial charge is 0.295 e. The van der Waals surface area contributed by atoms with Gasteiger partial charge in [0.15, 0.2) is 0 Å². The lowest BCUT2D eigenvalue weighted by molar-refractivity contribution is -0.927. The number of ether oxygens (including phenoxy) is 1. The van der Waals surface area contributed by atoms with E-state index in [9.17, 15) is 9.90 Å². The van der Waals surface area contributed by atoms with E-state index >= 15 is 0 Å². The third-order valence-corrected chi connectivity index (χ3v) is 2.48. The van der Waals surface area contributed by atoms with Crippen molar-refractivity contribution in [3.05, 3.63) is 29.8 Å². The molecule has 5 heteroatoms. The van der Waals surface area contributed by atoms with Crippen molar-refractivity contribution in [2.45, 2.75) is 13.0 Å². The van der Waals surface area contributed by atoms with Gasteiger partial charge in [-0.3, -0.25) is 4.79 Å². The lowest BCUT2D eigenvalue weighted by Gasteiger charge is -2.30. The summed E-state index contributed by atoms with van der Waals surface area (Å²) in [6.45, 7) is 2.14. The van der Waals surface area contributed by atoms with E-state index in [1.165, 1.54) is 0 Å². The molecular weight excluding hydrogens is 232 g/mol. The summed E-state index contributed by atoms with van der Waals surface area (Å²) in [5.74, 6) is 0.535. The van der Waals surface area contributed by atoms with Gasteiger partial charge in [0.25, 0.3) is 5.91 Å². The maximum absolute atomic E-state index is 12.0. The quantitative estimate of drug-likeness (QED) is 0.603. The van der Waals surface area contributed by atoms with Gasteiger partial charge in [0.2, 0.25) is 0 Å². The fourth-order valence-electron chi connectivity index (χ4n) is 1.79. The van der Waals surface area contributed by atoms with Gasteiger partial charge >= 0.3 is 0 Å². The number of aliphatic hydroxyl groups is 1. The molecule has 1 aromatic carbocycles. The molecule has 5 nitrogen and oxygen atoms in total. The summed E-state index contributed by atoms with van der Waals surface area (Å²) >= 11 is 0. The molecule has 0 heterocycles. The molecule has 1 aromatic rings. The Labute approximate surface area is 108 Å². The highest BCUT2D eigenvalue weighted by molar-refractivity contribution is 5.93. The van der Waals surface area contributed by atoms with Crippen LogP contribution in [0.25, 0.3) is 0 Å². The number of rotatable bonds is 5. The fourth-order valence-corrected chi connectivity index (χ4v) is 1.79. The molecule has 1 unspecified atom stereocenters. The summed E-state index contributed by atoms with van der Waals surface area (Å²) < 4.78 is 5.26.